The zero-order valence-electron chi connectivity index (χ0n) is 8.01. The van der Waals surface area contributed by atoms with Gasteiger partial charge >= 0.3 is 5.43 Å². The lowest BCUT2D eigenvalue weighted by atomic mass is 10.2. The van der Waals surface area contributed by atoms with Crippen molar-refractivity contribution in [3.8, 4) is 5.75 Å². The molecule has 0 radical (unpaired) electrons. The van der Waals surface area contributed by atoms with Gasteiger partial charge < -0.3 is 4.74 Å². The number of hydrogen-bond donors (Lipinski definition) is 0. The molecule has 0 fully saturated rings. The maximum Gasteiger partial charge on any atom is 0.409 e. The minimum Gasteiger partial charge on any atom is -0.411 e. The summed E-state index contributed by atoms with van der Waals surface area (Å²) in [6.07, 6.45) is 0. The molecule has 0 atom stereocenters. The molecule has 0 N–H and O–H groups in total. The van der Waals surface area contributed by atoms with Gasteiger partial charge in [-0.05, 0) is 40.8 Å². The summed E-state index contributed by atoms with van der Waals surface area (Å²) in [6, 6.07) is 4.97. The summed E-state index contributed by atoms with van der Waals surface area (Å²) >= 11 is 19.0. The molecule has 17 heavy (non-hydrogen) atoms. The summed E-state index contributed by atoms with van der Waals surface area (Å²) in [7, 11) is 0. The lowest BCUT2D eigenvalue weighted by Gasteiger charge is -2.08. The lowest BCUT2D eigenvalue weighted by Crippen LogP contribution is -2.00. The molecule has 0 bridgehead atoms. The van der Waals surface area contributed by atoms with Crippen LogP contribution in [0, 0.1) is 3.57 Å². The molecule has 0 amide bonds. The highest BCUT2D eigenvalue weighted by Crippen LogP contribution is 2.35. The fourth-order valence-electron chi connectivity index (χ4n) is 1.35. The van der Waals surface area contributed by atoms with Gasteiger partial charge in [0.1, 0.15) is 10.7 Å². The summed E-state index contributed by atoms with van der Waals surface area (Å²) in [5.74, 6) is 0.257. The van der Waals surface area contributed by atoms with E-state index in [0.717, 1.165) is 0 Å². The molecule has 2 aromatic rings. The number of carbonyl (C=O) groups is 1. The van der Waals surface area contributed by atoms with E-state index in [1.807, 2.05) is 22.6 Å². The molecular weight excluding hydrogens is 399 g/mol. The van der Waals surface area contributed by atoms with E-state index in [2.05, 4.69) is 4.98 Å². The van der Waals surface area contributed by atoms with E-state index in [-0.39, 0.29) is 10.9 Å². The monoisotopic (exact) mass is 401 g/mol. The van der Waals surface area contributed by atoms with Crippen molar-refractivity contribution in [3.05, 3.63) is 31.9 Å². The van der Waals surface area contributed by atoms with Crippen LogP contribution in [0.2, 0.25) is 10.2 Å². The first-order valence-electron chi connectivity index (χ1n) is 4.30. The molecule has 88 valence electrons. The third-order valence-electron chi connectivity index (χ3n) is 1.99. The predicted molar refractivity (Wildman–Crippen MR) is 76.4 cm³/mol. The molecule has 1 aromatic heterocycles. The number of hydrogen-bond acceptors (Lipinski definition) is 3. The van der Waals surface area contributed by atoms with Gasteiger partial charge in [-0.2, -0.15) is 0 Å². The Morgan fingerprint density at radius 2 is 2.06 bits per heavy atom. The molecule has 7 heteroatoms. The normalized spacial score (nSPS) is 10.6. The number of aromatic nitrogens is 1. The Labute approximate surface area is 125 Å². The van der Waals surface area contributed by atoms with Gasteiger partial charge in [-0.1, -0.05) is 23.2 Å². The standard InChI is InChI=1S/C10H3Cl3INO2/c11-5-3-6(14)9(17-10(13)16)8-4(5)1-2-7(12)15-8/h1-3H. The van der Waals surface area contributed by atoms with Crippen molar-refractivity contribution >= 4 is 73.7 Å². The van der Waals surface area contributed by atoms with Crippen molar-refractivity contribution in [2.75, 3.05) is 0 Å². The molecule has 2 rings (SSSR count). The Kier molecular flexibility index (Phi) is 3.97. The van der Waals surface area contributed by atoms with Crippen LogP contribution in [0.15, 0.2) is 18.2 Å². The van der Waals surface area contributed by atoms with Crippen molar-refractivity contribution in [1.29, 1.82) is 0 Å². The lowest BCUT2D eigenvalue weighted by molar-refractivity contribution is 0.226. The van der Waals surface area contributed by atoms with Gasteiger partial charge in [-0.25, -0.2) is 9.78 Å². The topological polar surface area (TPSA) is 39.2 Å². The zero-order valence-corrected chi connectivity index (χ0v) is 12.4. The van der Waals surface area contributed by atoms with Crippen LogP contribution in [-0.4, -0.2) is 10.4 Å². The first kappa shape index (κ1) is 13.1. The third-order valence-corrected chi connectivity index (χ3v) is 3.39. The van der Waals surface area contributed by atoms with Crippen molar-refractivity contribution in [2.24, 2.45) is 0 Å². The summed E-state index contributed by atoms with van der Waals surface area (Å²) < 4.78 is 5.54. The molecule has 0 saturated heterocycles. The molecular formula is C10H3Cl3INO2. The van der Waals surface area contributed by atoms with Gasteiger partial charge in [0.2, 0.25) is 0 Å². The molecule has 0 unspecified atom stereocenters. The molecule has 3 nitrogen and oxygen atoms in total. The van der Waals surface area contributed by atoms with Crippen molar-refractivity contribution in [2.45, 2.75) is 0 Å². The molecule has 0 saturated carbocycles. The van der Waals surface area contributed by atoms with E-state index in [9.17, 15) is 4.79 Å². The Morgan fingerprint density at radius 3 is 2.71 bits per heavy atom. The highest BCUT2D eigenvalue weighted by molar-refractivity contribution is 14.1. The summed E-state index contributed by atoms with van der Waals surface area (Å²) in [4.78, 5) is 14.9. The van der Waals surface area contributed by atoms with Crippen LogP contribution in [-0.2, 0) is 0 Å². The van der Waals surface area contributed by atoms with Crippen molar-refractivity contribution < 1.29 is 9.53 Å². The van der Waals surface area contributed by atoms with E-state index in [0.29, 0.717) is 19.5 Å². The quantitative estimate of drug-likeness (QED) is 0.388. The van der Waals surface area contributed by atoms with E-state index < -0.39 is 5.43 Å². The maximum atomic E-state index is 10.8. The summed E-state index contributed by atoms with van der Waals surface area (Å²) in [5.41, 5.74) is -0.531. The summed E-state index contributed by atoms with van der Waals surface area (Å²) in [5, 5.41) is 1.43. The second-order valence-electron chi connectivity index (χ2n) is 3.04. The molecule has 0 aliphatic heterocycles. The van der Waals surface area contributed by atoms with Crippen LogP contribution in [0.5, 0.6) is 5.75 Å². The van der Waals surface area contributed by atoms with Crippen LogP contribution in [0.1, 0.15) is 0 Å². The predicted octanol–water partition coefficient (Wildman–Crippen LogP) is 4.88. The van der Waals surface area contributed by atoms with Crippen molar-refractivity contribution in [3.63, 3.8) is 0 Å². The average molecular weight is 402 g/mol. The van der Waals surface area contributed by atoms with E-state index in [4.69, 9.17) is 39.5 Å². The van der Waals surface area contributed by atoms with Crippen LogP contribution in [0.25, 0.3) is 10.9 Å². The fourth-order valence-corrected chi connectivity index (χ4v) is 2.69. The maximum absolute atomic E-state index is 10.8. The SMILES string of the molecule is O=C(Cl)Oc1c(I)cc(Cl)c2ccc(Cl)nc12. The Balaban J connectivity index is 2.80. The van der Waals surface area contributed by atoms with Gasteiger partial charge in [-0.3, -0.25) is 0 Å². The molecule has 0 aliphatic rings. The first-order chi connectivity index (χ1) is 7.99. The smallest absolute Gasteiger partial charge is 0.409 e. The van der Waals surface area contributed by atoms with Crippen LogP contribution in [0.4, 0.5) is 4.79 Å². The number of rotatable bonds is 1. The van der Waals surface area contributed by atoms with Gasteiger partial charge in [0, 0.05) is 17.0 Å². The van der Waals surface area contributed by atoms with Crippen LogP contribution in [0.3, 0.4) is 0 Å². The van der Waals surface area contributed by atoms with Gasteiger partial charge in [0.15, 0.2) is 5.75 Å². The number of benzene rings is 1. The number of pyridine rings is 1. The number of halogens is 4. The second-order valence-corrected chi connectivity index (χ2v) is 5.30. The van der Waals surface area contributed by atoms with Gasteiger partial charge in [0.05, 0.1) is 8.59 Å². The third kappa shape index (κ3) is 2.76. The summed E-state index contributed by atoms with van der Waals surface area (Å²) in [6.45, 7) is 0. The average Bonchev–Trinajstić information content (AvgIpc) is 2.23. The number of carbonyl (C=O) groups excluding carboxylic acids is 1. The molecule has 1 heterocycles. The Hall–Kier alpha value is -0.300. The number of nitrogens with zero attached hydrogens (tertiary/aromatic N) is 1. The van der Waals surface area contributed by atoms with Crippen LogP contribution >= 0.6 is 57.4 Å². The minimum atomic E-state index is -0.937. The van der Waals surface area contributed by atoms with E-state index in [1.165, 1.54) is 0 Å². The molecule has 1 aromatic carbocycles. The van der Waals surface area contributed by atoms with E-state index in [1.54, 1.807) is 18.2 Å². The van der Waals surface area contributed by atoms with Crippen LogP contribution < -0.4 is 4.74 Å². The van der Waals surface area contributed by atoms with Crippen molar-refractivity contribution in [1.82, 2.24) is 4.98 Å². The van der Waals surface area contributed by atoms with Gasteiger partial charge in [-0.15, -0.1) is 0 Å². The van der Waals surface area contributed by atoms with E-state index >= 15 is 0 Å². The second kappa shape index (κ2) is 5.14. The number of ether oxygens (including phenoxy) is 1. The van der Waals surface area contributed by atoms with Gasteiger partial charge in [0.25, 0.3) is 0 Å². The highest BCUT2D eigenvalue weighted by Gasteiger charge is 2.15. The fraction of sp³-hybridized carbons (Fsp3) is 0. The molecule has 0 aliphatic carbocycles. The number of fused-ring (bicyclic) bond motifs is 1. The largest absolute Gasteiger partial charge is 0.411 e. The molecule has 0 spiro atoms. The minimum absolute atomic E-state index is 0.257. The first-order valence-corrected chi connectivity index (χ1v) is 6.52. The Bertz CT molecular complexity index is 618. The Morgan fingerprint density at radius 1 is 1.35 bits per heavy atom. The zero-order chi connectivity index (χ0) is 12.6. The highest BCUT2D eigenvalue weighted by atomic mass is 127.